The molecule has 0 spiro atoms. The predicted octanol–water partition coefficient (Wildman–Crippen LogP) is 2.23. The van der Waals surface area contributed by atoms with Gasteiger partial charge in [0.1, 0.15) is 11.6 Å². The summed E-state index contributed by atoms with van der Waals surface area (Å²) in [5, 5.41) is 11.8. The number of hydrogen-bond acceptors (Lipinski definition) is 9. The molecular weight excluding hydrogens is 369 g/mol. The van der Waals surface area contributed by atoms with Gasteiger partial charge in [0.15, 0.2) is 5.82 Å². The molecule has 0 saturated heterocycles. The number of halogens is 1. The third-order valence-electron chi connectivity index (χ3n) is 3.47. The fourth-order valence-electron chi connectivity index (χ4n) is 2.24. The highest BCUT2D eigenvalue weighted by Crippen LogP contribution is 2.25. The molecule has 0 amide bonds. The van der Waals surface area contributed by atoms with E-state index in [1.165, 1.54) is 28.6 Å². The van der Waals surface area contributed by atoms with Gasteiger partial charge >= 0.3 is 0 Å². The second-order valence-corrected chi connectivity index (χ2v) is 7.72. The molecule has 0 saturated carbocycles. The highest BCUT2D eigenvalue weighted by Gasteiger charge is 2.23. The minimum Gasteiger partial charge on any atom is -0.368 e. The average Bonchev–Trinajstić information content (AvgIpc) is 2.95. The summed E-state index contributed by atoms with van der Waals surface area (Å²) in [6, 6.07) is 5.83. The van der Waals surface area contributed by atoms with E-state index in [0.717, 1.165) is 0 Å². The first-order chi connectivity index (χ1) is 12.7. The van der Waals surface area contributed by atoms with E-state index in [-0.39, 0.29) is 23.1 Å². The highest BCUT2D eigenvalue weighted by molar-refractivity contribution is 7.98. The summed E-state index contributed by atoms with van der Waals surface area (Å²) in [7, 11) is 0. The number of thioether (sulfide) groups is 1. The molecule has 3 rings (SSSR count). The molecule has 0 bridgehead atoms. The zero-order valence-corrected chi connectivity index (χ0v) is 16.0. The van der Waals surface area contributed by atoms with Crippen molar-refractivity contribution in [1.82, 2.24) is 29.8 Å². The molecule has 0 fully saturated rings. The Labute approximate surface area is 159 Å². The molecule has 0 unspecified atom stereocenters. The van der Waals surface area contributed by atoms with Crippen molar-refractivity contribution in [2.45, 2.75) is 37.1 Å². The van der Waals surface area contributed by atoms with Crippen molar-refractivity contribution in [3.63, 3.8) is 0 Å². The third-order valence-corrected chi connectivity index (χ3v) is 4.40. The fraction of sp³-hybridized carbons (Fsp3) is 0.312. The predicted molar refractivity (Wildman–Crippen MR) is 102 cm³/mol. The number of benzene rings is 1. The monoisotopic (exact) mass is 389 g/mol. The zero-order valence-electron chi connectivity index (χ0n) is 15.1. The summed E-state index contributed by atoms with van der Waals surface area (Å²) >= 11 is 1.34. The van der Waals surface area contributed by atoms with E-state index in [1.54, 1.807) is 12.1 Å². The lowest BCUT2D eigenvalue weighted by Crippen LogP contribution is -2.24. The van der Waals surface area contributed by atoms with Crippen molar-refractivity contribution in [2.75, 3.05) is 16.9 Å². The molecule has 0 atom stereocenters. The van der Waals surface area contributed by atoms with Gasteiger partial charge in [-0.25, -0.2) is 9.07 Å². The van der Waals surface area contributed by atoms with Crippen molar-refractivity contribution in [2.24, 2.45) is 0 Å². The molecule has 0 aliphatic rings. The molecule has 9 nitrogen and oxygen atoms in total. The van der Waals surface area contributed by atoms with E-state index in [9.17, 15) is 4.39 Å². The summed E-state index contributed by atoms with van der Waals surface area (Å²) in [6.07, 6.45) is 0. The number of nitrogen functional groups attached to an aromatic ring is 2. The van der Waals surface area contributed by atoms with Crippen LogP contribution in [0.4, 0.5) is 22.0 Å². The minimum absolute atomic E-state index is 0.0785. The van der Waals surface area contributed by atoms with Crippen LogP contribution in [0.25, 0.3) is 0 Å². The normalized spacial score (nSPS) is 11.6. The van der Waals surface area contributed by atoms with Crippen molar-refractivity contribution >= 4 is 29.3 Å². The van der Waals surface area contributed by atoms with Crippen LogP contribution in [0.2, 0.25) is 0 Å². The number of aromatic nitrogens is 6. The molecule has 3 aromatic rings. The lowest BCUT2D eigenvalue weighted by molar-refractivity contribution is 0.523. The first-order valence-electron chi connectivity index (χ1n) is 8.09. The molecule has 0 aliphatic heterocycles. The van der Waals surface area contributed by atoms with Crippen LogP contribution in [-0.4, -0.2) is 29.8 Å². The van der Waals surface area contributed by atoms with E-state index in [4.69, 9.17) is 11.6 Å². The van der Waals surface area contributed by atoms with Crippen LogP contribution >= 0.6 is 11.8 Å². The largest absolute Gasteiger partial charge is 0.368 e. The van der Waals surface area contributed by atoms with Gasteiger partial charge in [0.25, 0.3) is 0 Å². The number of anilines is 3. The summed E-state index contributed by atoms with van der Waals surface area (Å²) in [4.78, 5) is 12.5. The van der Waals surface area contributed by atoms with Gasteiger partial charge in [-0.3, -0.25) is 0 Å². The van der Waals surface area contributed by atoms with Gasteiger partial charge in [-0.1, -0.05) is 32.5 Å². The molecule has 27 heavy (non-hydrogen) atoms. The Bertz CT molecular complexity index is 934. The number of hydrogen-bond donors (Lipinski definition) is 3. The number of nitrogens with zero attached hydrogens (tertiary/aromatic N) is 6. The Balaban J connectivity index is 1.73. The van der Waals surface area contributed by atoms with Crippen molar-refractivity contribution in [1.29, 1.82) is 0 Å². The van der Waals surface area contributed by atoms with Gasteiger partial charge in [-0.15, -0.1) is 10.2 Å². The zero-order chi connectivity index (χ0) is 19.6. The quantitative estimate of drug-likeness (QED) is 0.443. The molecule has 2 heterocycles. The maximum Gasteiger partial charge on any atom is 0.232 e. The summed E-state index contributed by atoms with van der Waals surface area (Å²) < 4.78 is 14.5. The van der Waals surface area contributed by atoms with Crippen molar-refractivity contribution < 1.29 is 4.39 Å². The van der Waals surface area contributed by atoms with E-state index < -0.39 is 0 Å². The van der Waals surface area contributed by atoms with Crippen LogP contribution < -0.4 is 16.9 Å². The molecule has 0 radical (unpaired) electrons. The van der Waals surface area contributed by atoms with Crippen LogP contribution in [0.5, 0.6) is 0 Å². The molecule has 11 heteroatoms. The van der Waals surface area contributed by atoms with Gasteiger partial charge in [0.05, 0.1) is 5.75 Å². The third kappa shape index (κ3) is 4.61. The van der Waals surface area contributed by atoms with Crippen LogP contribution in [-0.2, 0) is 11.2 Å². The lowest BCUT2D eigenvalue weighted by atomic mass is 9.96. The molecular formula is C16H20FN9S. The van der Waals surface area contributed by atoms with E-state index in [1.807, 2.05) is 20.8 Å². The van der Waals surface area contributed by atoms with Crippen LogP contribution in [0.15, 0.2) is 29.4 Å². The topological polar surface area (TPSA) is 133 Å². The van der Waals surface area contributed by atoms with Crippen LogP contribution in [0.1, 0.15) is 32.4 Å². The second-order valence-electron chi connectivity index (χ2n) is 6.78. The number of nitrogens with two attached hydrogens (primary N) is 2. The lowest BCUT2D eigenvalue weighted by Gasteiger charge is -2.16. The van der Waals surface area contributed by atoms with Gasteiger partial charge in [0.2, 0.25) is 17.1 Å². The Morgan fingerprint density at radius 3 is 2.44 bits per heavy atom. The van der Waals surface area contributed by atoms with Crippen LogP contribution in [0, 0.1) is 5.82 Å². The van der Waals surface area contributed by atoms with Gasteiger partial charge < -0.3 is 16.9 Å². The summed E-state index contributed by atoms with van der Waals surface area (Å²) in [5.41, 5.74) is 6.19. The Hall–Kier alpha value is -2.95. The second kappa shape index (κ2) is 7.35. The van der Waals surface area contributed by atoms with Crippen LogP contribution in [0.3, 0.4) is 0 Å². The van der Waals surface area contributed by atoms with E-state index >= 15 is 0 Å². The van der Waals surface area contributed by atoms with Crippen molar-refractivity contribution in [3.8, 4) is 0 Å². The van der Waals surface area contributed by atoms with Gasteiger partial charge in [-0.05, 0) is 24.3 Å². The SMILES string of the molecule is CC(C)(C)c1nnc(SCc2nc(N)nc(Nc3ccc(F)cc3)n2)n1N. The standard InChI is InChI=1S/C16H20FN9S/c1-16(2,3)12-24-25-15(26(12)19)27-8-11-21-13(18)23-14(22-11)20-10-6-4-9(17)5-7-10/h4-7H,8,19H2,1-3H3,(H3,18,20,21,22,23). The summed E-state index contributed by atoms with van der Waals surface area (Å²) in [5.74, 6) is 7.62. The van der Waals surface area contributed by atoms with E-state index in [2.05, 4.69) is 30.5 Å². The average molecular weight is 389 g/mol. The molecule has 0 aliphatic carbocycles. The molecule has 1 aromatic carbocycles. The van der Waals surface area contributed by atoms with E-state index in [0.29, 0.717) is 28.2 Å². The number of nitrogens with one attached hydrogen (secondary N) is 1. The Morgan fingerprint density at radius 2 is 1.81 bits per heavy atom. The molecule has 2 aromatic heterocycles. The Kier molecular flexibility index (Phi) is 5.13. The molecule has 142 valence electrons. The smallest absolute Gasteiger partial charge is 0.232 e. The summed E-state index contributed by atoms with van der Waals surface area (Å²) in [6.45, 7) is 6.03. The first-order valence-corrected chi connectivity index (χ1v) is 9.08. The first kappa shape index (κ1) is 18.8. The maximum atomic E-state index is 13.0. The number of rotatable bonds is 5. The highest BCUT2D eigenvalue weighted by atomic mass is 32.2. The maximum absolute atomic E-state index is 13.0. The van der Waals surface area contributed by atoms with Gasteiger partial charge in [0, 0.05) is 11.1 Å². The molecule has 5 N–H and O–H groups in total. The van der Waals surface area contributed by atoms with Crippen molar-refractivity contribution in [3.05, 3.63) is 41.7 Å². The van der Waals surface area contributed by atoms with Gasteiger partial charge in [-0.2, -0.15) is 15.0 Å². The minimum atomic E-state index is -0.326. The Morgan fingerprint density at radius 1 is 1.11 bits per heavy atom. The fourth-order valence-corrected chi connectivity index (χ4v) is 2.95.